The number of nitrogens with zero attached hydrogens (tertiary/aromatic N) is 3. The molecule has 7 atom stereocenters. The molecule has 4 heterocycles. The summed E-state index contributed by atoms with van der Waals surface area (Å²) >= 11 is 0. The Morgan fingerprint density at radius 3 is 2.22 bits per heavy atom. The second kappa shape index (κ2) is 7.48. The molecule has 3 nitrogen and oxygen atoms in total. The summed E-state index contributed by atoms with van der Waals surface area (Å²) in [4.78, 5) is 11.0. The number of aryl methyl sites for hydroxylation is 2. The van der Waals surface area contributed by atoms with Gasteiger partial charge in [-0.15, -0.1) is 0 Å². The predicted molar refractivity (Wildman–Crippen MR) is 183 cm³/mol. The molecule has 0 amide bonds. The Hall–Kier alpha value is -3.46. The van der Waals surface area contributed by atoms with Crippen LogP contribution in [0.5, 0.6) is 0 Å². The largest absolute Gasteiger partial charge is 0.305 e. The van der Waals surface area contributed by atoms with E-state index in [1.54, 1.807) is 32.8 Å². The summed E-state index contributed by atoms with van der Waals surface area (Å²) in [6.07, 6.45) is 21.1. The van der Waals surface area contributed by atoms with Gasteiger partial charge in [0.15, 0.2) is 0 Å². The first-order valence-electron chi connectivity index (χ1n) is 18.9. The molecule has 2 aromatic carbocycles. The van der Waals surface area contributed by atoms with E-state index in [1.807, 2.05) is 0 Å². The third-order valence-corrected chi connectivity index (χ3v) is 16.2. The van der Waals surface area contributed by atoms with Crippen LogP contribution in [-0.4, -0.2) is 14.4 Å². The lowest BCUT2D eigenvalue weighted by Gasteiger charge is -2.48. The van der Waals surface area contributed by atoms with Crippen LogP contribution < -0.4 is 0 Å². The Bertz CT molecular complexity index is 2400. The fourth-order valence-electron chi connectivity index (χ4n) is 14.9. The maximum absolute atomic E-state index is 5.52. The maximum Gasteiger partial charge on any atom is 0.0728 e. The van der Waals surface area contributed by atoms with Crippen LogP contribution >= 0.6 is 0 Å². The summed E-state index contributed by atoms with van der Waals surface area (Å²) in [5.41, 5.74) is 17.4. The molecule has 0 radical (unpaired) electrons. The normalized spacial score (nSPS) is 37.0. The van der Waals surface area contributed by atoms with Crippen molar-refractivity contribution in [3.05, 3.63) is 76.4 Å². The summed E-state index contributed by atoms with van der Waals surface area (Å²) < 4.78 is 2.69. The summed E-state index contributed by atoms with van der Waals surface area (Å²) in [6.45, 7) is 0. The number of benzene rings is 2. The van der Waals surface area contributed by atoms with Gasteiger partial charge in [0.1, 0.15) is 0 Å². The number of fused-ring (bicyclic) bond motifs is 16. The van der Waals surface area contributed by atoms with E-state index in [0.717, 1.165) is 36.5 Å². The maximum atomic E-state index is 5.52. The lowest BCUT2D eigenvalue weighted by atomic mass is 9.56. The van der Waals surface area contributed by atoms with Crippen LogP contribution in [-0.2, 0) is 12.8 Å². The minimum Gasteiger partial charge on any atom is -0.305 e. The Balaban J connectivity index is 1.18. The van der Waals surface area contributed by atoms with Gasteiger partial charge in [0.25, 0.3) is 0 Å². The minimum absolute atomic E-state index is 0.647. The van der Waals surface area contributed by atoms with Crippen molar-refractivity contribution in [3.63, 3.8) is 0 Å². The summed E-state index contributed by atoms with van der Waals surface area (Å²) in [5, 5.41) is 6.28. The molecule has 9 aliphatic rings. The standard InChI is InChI=1S/C43H39N3/c1-2-4-29-22(3-1)5-6-30-31(29)15-32-37-33(18-45-41-26-13-28-14-27-12-25(36(37)41)16-43(27,28)17-26)46-34-19-44-40-24-10-20-7-21(11-24)9-23(8-20)35(40)39(34)38(30)42(32)46/h1-4,15,18-21,23-28H,5-14,16-17H2. The van der Waals surface area contributed by atoms with Crippen molar-refractivity contribution in [2.24, 2.45) is 29.1 Å². The highest BCUT2D eigenvalue weighted by Gasteiger charge is 2.66. The molecule has 226 valence electrons. The first-order chi connectivity index (χ1) is 22.7. The molecule has 1 spiro atoms. The Morgan fingerprint density at radius 2 is 1.35 bits per heavy atom. The zero-order chi connectivity index (χ0) is 29.2. The fraction of sp³-hybridized carbons (Fsp3) is 0.488. The molecule has 0 aliphatic heterocycles. The van der Waals surface area contributed by atoms with E-state index < -0.39 is 0 Å². The molecular weight excluding hydrogens is 558 g/mol. The Morgan fingerprint density at radius 1 is 0.630 bits per heavy atom. The van der Waals surface area contributed by atoms with Crippen LogP contribution in [0.1, 0.15) is 122 Å². The molecule has 0 saturated heterocycles. The second-order valence-electron chi connectivity index (χ2n) is 17.7. The highest BCUT2D eigenvalue weighted by molar-refractivity contribution is 6.27. The quantitative estimate of drug-likeness (QED) is 0.174. The van der Waals surface area contributed by atoms with Crippen LogP contribution in [0.2, 0.25) is 0 Å². The van der Waals surface area contributed by atoms with E-state index in [4.69, 9.17) is 9.97 Å². The molecule has 7 bridgehead atoms. The van der Waals surface area contributed by atoms with E-state index in [2.05, 4.69) is 47.1 Å². The molecule has 3 heteroatoms. The summed E-state index contributed by atoms with van der Waals surface area (Å²) in [7, 11) is 0. The smallest absolute Gasteiger partial charge is 0.0728 e. The van der Waals surface area contributed by atoms with Crippen molar-refractivity contribution >= 4 is 38.1 Å². The van der Waals surface area contributed by atoms with Gasteiger partial charge in [-0.2, -0.15) is 0 Å². The fourth-order valence-corrected chi connectivity index (χ4v) is 14.9. The molecule has 7 unspecified atom stereocenters. The molecule has 4 aromatic heterocycles. The van der Waals surface area contributed by atoms with E-state index >= 15 is 0 Å². The molecule has 0 N–H and O–H groups in total. The molecule has 15 rings (SSSR count). The third kappa shape index (κ3) is 2.46. The average molecular weight is 598 g/mol. The average Bonchev–Trinajstić information content (AvgIpc) is 3.72. The topological polar surface area (TPSA) is 30.2 Å². The van der Waals surface area contributed by atoms with Gasteiger partial charge in [0, 0.05) is 44.8 Å². The van der Waals surface area contributed by atoms with Crippen molar-refractivity contribution in [1.29, 1.82) is 0 Å². The highest BCUT2D eigenvalue weighted by atomic mass is 15.0. The SMILES string of the molecule is c1ccc2c(c1)CCc1c-2cc2c3c4c(ncc3n3c5cnc6c(c5c1c23)C1CC2CC(CC6C2)C1)C1CC2CC3CC4CC23C1. The Kier molecular flexibility index (Phi) is 3.87. The summed E-state index contributed by atoms with van der Waals surface area (Å²) in [5.74, 6) is 6.46. The van der Waals surface area contributed by atoms with Crippen LogP contribution in [0, 0.1) is 29.1 Å². The number of rotatable bonds is 0. The van der Waals surface area contributed by atoms with E-state index in [-0.39, 0.29) is 0 Å². The number of pyridine rings is 2. The van der Waals surface area contributed by atoms with Gasteiger partial charge in [-0.25, -0.2) is 0 Å². The third-order valence-electron chi connectivity index (χ3n) is 16.2. The number of hydrogen-bond donors (Lipinski definition) is 0. The molecule has 46 heavy (non-hydrogen) atoms. The zero-order valence-corrected chi connectivity index (χ0v) is 26.5. The first-order valence-corrected chi connectivity index (χ1v) is 18.9. The molecule has 5 saturated carbocycles. The van der Waals surface area contributed by atoms with Crippen molar-refractivity contribution in [3.8, 4) is 11.1 Å². The van der Waals surface area contributed by atoms with Gasteiger partial charge >= 0.3 is 0 Å². The summed E-state index contributed by atoms with van der Waals surface area (Å²) in [6, 6.07) is 12.0. The molecule has 9 aliphatic carbocycles. The number of aromatic nitrogens is 3. The van der Waals surface area contributed by atoms with Gasteiger partial charge < -0.3 is 4.40 Å². The van der Waals surface area contributed by atoms with E-state index in [1.165, 1.54) is 114 Å². The van der Waals surface area contributed by atoms with Gasteiger partial charge in [-0.1, -0.05) is 24.3 Å². The van der Waals surface area contributed by atoms with Gasteiger partial charge in [0.2, 0.25) is 0 Å². The van der Waals surface area contributed by atoms with E-state index in [0.29, 0.717) is 29.1 Å². The monoisotopic (exact) mass is 597 g/mol. The van der Waals surface area contributed by atoms with Crippen molar-refractivity contribution in [2.75, 3.05) is 0 Å². The minimum atomic E-state index is 0.647. The molecular formula is C43H39N3. The van der Waals surface area contributed by atoms with Crippen LogP contribution in [0.25, 0.3) is 49.2 Å². The lowest BCUT2D eigenvalue weighted by Crippen LogP contribution is -2.41. The van der Waals surface area contributed by atoms with Crippen LogP contribution in [0.4, 0.5) is 0 Å². The second-order valence-corrected chi connectivity index (χ2v) is 17.7. The van der Waals surface area contributed by atoms with Crippen LogP contribution in [0.15, 0.2) is 42.7 Å². The van der Waals surface area contributed by atoms with Gasteiger partial charge in [-0.05, 0) is 157 Å². The molecule has 5 fully saturated rings. The predicted octanol–water partition coefficient (Wildman–Crippen LogP) is 10.2. The number of hydrogen-bond acceptors (Lipinski definition) is 2. The lowest BCUT2D eigenvalue weighted by molar-refractivity contribution is 0.00321. The Labute approximate surface area is 269 Å². The zero-order valence-electron chi connectivity index (χ0n) is 26.5. The van der Waals surface area contributed by atoms with Gasteiger partial charge in [-0.3, -0.25) is 9.97 Å². The van der Waals surface area contributed by atoms with Crippen molar-refractivity contribution < 1.29 is 0 Å². The van der Waals surface area contributed by atoms with E-state index in [9.17, 15) is 0 Å². The highest BCUT2D eigenvalue weighted by Crippen LogP contribution is 2.76. The molecule has 6 aromatic rings. The van der Waals surface area contributed by atoms with Crippen molar-refractivity contribution in [2.45, 2.75) is 101 Å². The van der Waals surface area contributed by atoms with Gasteiger partial charge in [0.05, 0.1) is 28.9 Å². The van der Waals surface area contributed by atoms with Crippen molar-refractivity contribution in [1.82, 2.24) is 14.4 Å². The van der Waals surface area contributed by atoms with Crippen LogP contribution in [0.3, 0.4) is 0 Å². The first kappa shape index (κ1) is 23.8.